The maximum atomic E-state index is 13.0. The quantitative estimate of drug-likeness (QED) is 0.847. The molecule has 132 valence electrons. The molecule has 4 nitrogen and oxygen atoms in total. The monoisotopic (exact) mass is 355 g/mol. The van der Waals surface area contributed by atoms with Crippen molar-refractivity contribution in [2.24, 2.45) is 0 Å². The van der Waals surface area contributed by atoms with Gasteiger partial charge in [-0.1, -0.05) is 18.2 Å². The van der Waals surface area contributed by atoms with E-state index in [1.54, 1.807) is 0 Å². The Hall–Kier alpha value is -1.85. The van der Waals surface area contributed by atoms with Crippen LogP contribution in [0.5, 0.6) is 0 Å². The molecule has 2 aliphatic heterocycles. The van der Waals surface area contributed by atoms with Gasteiger partial charge in [-0.3, -0.25) is 9.69 Å². The Morgan fingerprint density at radius 1 is 1.04 bits per heavy atom. The van der Waals surface area contributed by atoms with Gasteiger partial charge in [0.15, 0.2) is 0 Å². The van der Waals surface area contributed by atoms with Gasteiger partial charge in [-0.2, -0.15) is 0 Å². The van der Waals surface area contributed by atoms with Gasteiger partial charge in [0.05, 0.1) is 6.04 Å². The van der Waals surface area contributed by atoms with Crippen molar-refractivity contribution in [1.29, 1.82) is 0 Å². The SMILES string of the molecule is CC(C(=O)N1CCc2sccc2C1)N1CCN(c2ccccc2)CC1. The molecular weight excluding hydrogens is 330 g/mol. The first-order valence-electron chi connectivity index (χ1n) is 9.10. The van der Waals surface area contributed by atoms with Crippen LogP contribution in [0.4, 0.5) is 5.69 Å². The number of nitrogens with zero attached hydrogens (tertiary/aromatic N) is 3. The van der Waals surface area contributed by atoms with E-state index in [0.29, 0.717) is 0 Å². The fourth-order valence-electron chi connectivity index (χ4n) is 3.86. The molecule has 0 N–H and O–H groups in total. The van der Waals surface area contributed by atoms with Crippen molar-refractivity contribution in [3.8, 4) is 0 Å². The normalized spacial score (nSPS) is 19.6. The Morgan fingerprint density at radius 2 is 1.80 bits per heavy atom. The highest BCUT2D eigenvalue weighted by Crippen LogP contribution is 2.25. The van der Waals surface area contributed by atoms with Gasteiger partial charge in [-0.05, 0) is 42.5 Å². The molecular formula is C20H25N3OS. The number of thiophene rings is 1. The zero-order chi connectivity index (χ0) is 17.2. The fraction of sp³-hybridized carbons (Fsp3) is 0.450. The van der Waals surface area contributed by atoms with E-state index in [1.807, 2.05) is 16.2 Å². The summed E-state index contributed by atoms with van der Waals surface area (Å²) in [6, 6.07) is 12.7. The topological polar surface area (TPSA) is 26.8 Å². The number of benzene rings is 1. The number of amides is 1. The van der Waals surface area contributed by atoms with E-state index in [9.17, 15) is 4.79 Å². The Balaban J connectivity index is 1.34. The number of hydrogen-bond donors (Lipinski definition) is 0. The summed E-state index contributed by atoms with van der Waals surface area (Å²) in [7, 11) is 0. The highest BCUT2D eigenvalue weighted by atomic mass is 32.1. The third-order valence-corrected chi connectivity index (χ3v) is 6.48. The number of carbonyl (C=O) groups is 1. The van der Waals surface area contributed by atoms with Crippen LogP contribution in [0.2, 0.25) is 0 Å². The van der Waals surface area contributed by atoms with Crippen molar-refractivity contribution in [3.05, 3.63) is 52.2 Å². The number of para-hydroxylation sites is 1. The molecule has 0 radical (unpaired) electrons. The van der Waals surface area contributed by atoms with Gasteiger partial charge in [0, 0.05) is 49.8 Å². The second-order valence-corrected chi connectivity index (χ2v) is 7.91. The lowest BCUT2D eigenvalue weighted by molar-refractivity contribution is -0.137. The average Bonchev–Trinajstić information content (AvgIpc) is 3.15. The molecule has 0 spiro atoms. The first-order chi connectivity index (χ1) is 12.2. The van der Waals surface area contributed by atoms with Gasteiger partial charge in [-0.25, -0.2) is 0 Å². The minimum atomic E-state index is -0.0295. The number of anilines is 1. The Labute approximate surface area is 153 Å². The van der Waals surface area contributed by atoms with Gasteiger partial charge < -0.3 is 9.80 Å². The molecule has 1 aromatic carbocycles. The molecule has 0 saturated carbocycles. The van der Waals surface area contributed by atoms with Crippen LogP contribution < -0.4 is 4.90 Å². The van der Waals surface area contributed by atoms with Crippen LogP contribution in [0.15, 0.2) is 41.8 Å². The summed E-state index contributed by atoms with van der Waals surface area (Å²) >= 11 is 1.82. The van der Waals surface area contributed by atoms with Crippen molar-refractivity contribution in [3.63, 3.8) is 0 Å². The highest BCUT2D eigenvalue weighted by molar-refractivity contribution is 7.10. The molecule has 2 aromatic rings. The molecule has 25 heavy (non-hydrogen) atoms. The Bertz CT molecular complexity index is 722. The van der Waals surface area contributed by atoms with Gasteiger partial charge in [0.25, 0.3) is 0 Å². The minimum Gasteiger partial charge on any atom is -0.369 e. The Kier molecular flexibility index (Phi) is 4.77. The molecule has 3 heterocycles. The van der Waals surface area contributed by atoms with Crippen LogP contribution >= 0.6 is 11.3 Å². The van der Waals surface area contributed by atoms with Crippen molar-refractivity contribution >= 4 is 22.9 Å². The van der Waals surface area contributed by atoms with E-state index in [4.69, 9.17) is 0 Å². The van der Waals surface area contributed by atoms with E-state index < -0.39 is 0 Å². The smallest absolute Gasteiger partial charge is 0.239 e. The molecule has 1 aromatic heterocycles. The molecule has 2 aliphatic rings. The lowest BCUT2D eigenvalue weighted by atomic mass is 10.1. The van der Waals surface area contributed by atoms with Crippen LogP contribution in [0.25, 0.3) is 0 Å². The van der Waals surface area contributed by atoms with Crippen molar-refractivity contribution in [2.75, 3.05) is 37.6 Å². The van der Waals surface area contributed by atoms with Gasteiger partial charge >= 0.3 is 0 Å². The number of fused-ring (bicyclic) bond motifs is 1. The fourth-order valence-corrected chi connectivity index (χ4v) is 4.75. The third-order valence-electron chi connectivity index (χ3n) is 5.46. The van der Waals surface area contributed by atoms with Gasteiger partial charge in [0.1, 0.15) is 0 Å². The molecule has 0 bridgehead atoms. The van der Waals surface area contributed by atoms with Crippen LogP contribution in [-0.4, -0.2) is 54.5 Å². The zero-order valence-electron chi connectivity index (χ0n) is 14.7. The van der Waals surface area contributed by atoms with E-state index in [0.717, 1.165) is 45.7 Å². The molecule has 4 rings (SSSR count). The summed E-state index contributed by atoms with van der Waals surface area (Å²) in [6.07, 6.45) is 1.01. The summed E-state index contributed by atoms with van der Waals surface area (Å²) in [6.45, 7) is 7.57. The van der Waals surface area contributed by atoms with Crippen LogP contribution in [0.1, 0.15) is 17.4 Å². The maximum absolute atomic E-state index is 13.0. The maximum Gasteiger partial charge on any atom is 0.239 e. The summed E-state index contributed by atoms with van der Waals surface area (Å²) in [5.41, 5.74) is 2.62. The highest BCUT2D eigenvalue weighted by Gasteiger charge is 2.30. The summed E-state index contributed by atoms with van der Waals surface area (Å²) < 4.78 is 0. The number of carbonyl (C=O) groups excluding carboxylic acids is 1. The lowest BCUT2D eigenvalue weighted by Crippen LogP contribution is -2.55. The van der Waals surface area contributed by atoms with Crippen LogP contribution in [0.3, 0.4) is 0 Å². The molecule has 1 saturated heterocycles. The number of piperazine rings is 1. The second-order valence-electron chi connectivity index (χ2n) is 6.91. The molecule has 1 atom stereocenters. The standard InChI is InChI=1S/C20H25N3OS/c1-16(20(24)23-9-7-19-17(15-23)8-14-25-19)21-10-12-22(13-11-21)18-5-3-2-4-6-18/h2-6,8,14,16H,7,9-13,15H2,1H3. The van der Waals surface area contributed by atoms with Crippen molar-refractivity contribution < 1.29 is 4.79 Å². The van der Waals surface area contributed by atoms with Crippen molar-refractivity contribution in [1.82, 2.24) is 9.80 Å². The summed E-state index contributed by atoms with van der Waals surface area (Å²) in [5, 5.41) is 2.14. The third kappa shape index (κ3) is 3.44. The molecule has 1 unspecified atom stereocenters. The summed E-state index contributed by atoms with van der Waals surface area (Å²) in [5.74, 6) is 0.282. The predicted molar refractivity (Wildman–Crippen MR) is 103 cm³/mol. The van der Waals surface area contributed by atoms with Gasteiger partial charge in [0.2, 0.25) is 5.91 Å². The van der Waals surface area contributed by atoms with Crippen LogP contribution in [0, 0.1) is 0 Å². The van der Waals surface area contributed by atoms with E-state index in [-0.39, 0.29) is 11.9 Å². The average molecular weight is 356 g/mol. The minimum absolute atomic E-state index is 0.0295. The molecule has 5 heteroatoms. The second kappa shape index (κ2) is 7.18. The molecule has 0 aliphatic carbocycles. The first-order valence-corrected chi connectivity index (χ1v) is 9.98. The zero-order valence-corrected chi connectivity index (χ0v) is 15.5. The van der Waals surface area contributed by atoms with E-state index in [2.05, 4.69) is 58.5 Å². The van der Waals surface area contributed by atoms with E-state index >= 15 is 0 Å². The van der Waals surface area contributed by atoms with Gasteiger partial charge in [-0.15, -0.1) is 11.3 Å². The lowest BCUT2D eigenvalue weighted by Gasteiger charge is -2.40. The first kappa shape index (κ1) is 16.6. The predicted octanol–water partition coefficient (Wildman–Crippen LogP) is 2.84. The molecule has 1 fully saturated rings. The summed E-state index contributed by atoms with van der Waals surface area (Å²) in [4.78, 5) is 21.2. The van der Waals surface area contributed by atoms with Crippen molar-refractivity contribution in [2.45, 2.75) is 25.9 Å². The largest absolute Gasteiger partial charge is 0.369 e. The van der Waals surface area contributed by atoms with Crippen LogP contribution in [-0.2, 0) is 17.8 Å². The Morgan fingerprint density at radius 3 is 2.56 bits per heavy atom. The molecule has 1 amide bonds. The van der Waals surface area contributed by atoms with E-state index in [1.165, 1.54) is 16.1 Å². The number of hydrogen-bond acceptors (Lipinski definition) is 4. The number of rotatable bonds is 3.